The standard InChI is InChI=1S/C14H24N2S/c1-12-10-13(12)11-16(2)8-7-15-6-5-14-4-3-9-17-14/h3-4,9,12-13,15H,5-8,10-11H2,1-2H3. The highest BCUT2D eigenvalue weighted by molar-refractivity contribution is 7.09. The van der Waals surface area contributed by atoms with Crippen molar-refractivity contribution in [3.63, 3.8) is 0 Å². The first-order chi connectivity index (χ1) is 8.25. The molecule has 2 nitrogen and oxygen atoms in total. The fourth-order valence-electron chi connectivity index (χ4n) is 2.21. The third-order valence-corrected chi connectivity index (χ3v) is 4.56. The lowest BCUT2D eigenvalue weighted by molar-refractivity contribution is 0.313. The van der Waals surface area contributed by atoms with Crippen LogP contribution in [0.4, 0.5) is 0 Å². The SMILES string of the molecule is CC1CC1CN(C)CCNCCc1cccs1. The lowest BCUT2D eigenvalue weighted by Gasteiger charge is -2.16. The molecule has 1 aromatic rings. The van der Waals surface area contributed by atoms with Gasteiger partial charge in [-0.3, -0.25) is 0 Å². The fraction of sp³-hybridized carbons (Fsp3) is 0.714. The van der Waals surface area contributed by atoms with Crippen LogP contribution in [0, 0.1) is 11.8 Å². The third-order valence-electron chi connectivity index (χ3n) is 3.62. The van der Waals surface area contributed by atoms with Gasteiger partial charge in [0.05, 0.1) is 0 Å². The number of rotatable bonds is 8. The molecule has 1 fully saturated rings. The van der Waals surface area contributed by atoms with Crippen LogP contribution < -0.4 is 5.32 Å². The first-order valence-corrected chi connectivity index (χ1v) is 7.55. The molecule has 0 bridgehead atoms. The van der Waals surface area contributed by atoms with Crippen LogP contribution in [-0.4, -0.2) is 38.1 Å². The van der Waals surface area contributed by atoms with E-state index in [9.17, 15) is 0 Å². The zero-order valence-corrected chi connectivity index (χ0v) is 11.8. The third kappa shape index (κ3) is 4.78. The maximum Gasteiger partial charge on any atom is 0.0104 e. The first-order valence-electron chi connectivity index (χ1n) is 6.67. The summed E-state index contributed by atoms with van der Waals surface area (Å²) in [4.78, 5) is 3.95. The average Bonchev–Trinajstić information content (AvgIpc) is 2.82. The Balaban J connectivity index is 1.45. The average molecular weight is 252 g/mol. The molecular weight excluding hydrogens is 228 g/mol. The van der Waals surface area contributed by atoms with Gasteiger partial charge in [0.2, 0.25) is 0 Å². The number of hydrogen-bond donors (Lipinski definition) is 1. The monoisotopic (exact) mass is 252 g/mol. The van der Waals surface area contributed by atoms with E-state index < -0.39 is 0 Å². The van der Waals surface area contributed by atoms with Crippen molar-refractivity contribution in [2.75, 3.05) is 33.2 Å². The molecule has 2 atom stereocenters. The second kappa shape index (κ2) is 6.53. The minimum atomic E-state index is 0.976. The molecule has 0 aliphatic heterocycles. The number of hydrogen-bond acceptors (Lipinski definition) is 3. The summed E-state index contributed by atoms with van der Waals surface area (Å²) < 4.78 is 0. The molecule has 0 aromatic carbocycles. The Kier molecular flexibility index (Phi) is 5.01. The minimum Gasteiger partial charge on any atom is -0.315 e. The van der Waals surface area contributed by atoms with Gasteiger partial charge < -0.3 is 10.2 Å². The van der Waals surface area contributed by atoms with Gasteiger partial charge in [-0.2, -0.15) is 0 Å². The van der Waals surface area contributed by atoms with E-state index in [0.717, 1.165) is 24.9 Å². The van der Waals surface area contributed by atoms with E-state index in [1.54, 1.807) is 0 Å². The van der Waals surface area contributed by atoms with Crippen molar-refractivity contribution in [3.05, 3.63) is 22.4 Å². The van der Waals surface area contributed by atoms with E-state index in [-0.39, 0.29) is 0 Å². The van der Waals surface area contributed by atoms with E-state index in [1.807, 2.05) is 11.3 Å². The topological polar surface area (TPSA) is 15.3 Å². The van der Waals surface area contributed by atoms with Gasteiger partial charge in [-0.1, -0.05) is 13.0 Å². The Labute approximate surface area is 109 Å². The quantitative estimate of drug-likeness (QED) is 0.715. The van der Waals surface area contributed by atoms with E-state index in [1.165, 1.54) is 30.8 Å². The van der Waals surface area contributed by atoms with Crippen molar-refractivity contribution in [1.29, 1.82) is 0 Å². The van der Waals surface area contributed by atoms with Crippen LogP contribution >= 0.6 is 11.3 Å². The van der Waals surface area contributed by atoms with Crippen molar-refractivity contribution >= 4 is 11.3 Å². The van der Waals surface area contributed by atoms with E-state index in [2.05, 4.69) is 41.7 Å². The molecule has 1 aliphatic carbocycles. The maximum absolute atomic E-state index is 3.52. The molecule has 2 unspecified atom stereocenters. The normalized spacial score (nSPS) is 23.2. The molecule has 1 saturated carbocycles. The lowest BCUT2D eigenvalue weighted by Crippen LogP contribution is -2.31. The molecule has 3 heteroatoms. The number of nitrogens with one attached hydrogen (secondary N) is 1. The summed E-state index contributed by atoms with van der Waals surface area (Å²) in [5.41, 5.74) is 0. The summed E-state index contributed by atoms with van der Waals surface area (Å²) in [5.74, 6) is 1.95. The van der Waals surface area contributed by atoms with E-state index >= 15 is 0 Å². The van der Waals surface area contributed by atoms with Crippen molar-refractivity contribution < 1.29 is 0 Å². The van der Waals surface area contributed by atoms with Crippen LogP contribution in [0.25, 0.3) is 0 Å². The van der Waals surface area contributed by atoms with Gasteiger partial charge in [0.15, 0.2) is 0 Å². The predicted octanol–water partition coefficient (Wildman–Crippen LogP) is 2.47. The summed E-state index contributed by atoms with van der Waals surface area (Å²) >= 11 is 1.85. The molecular formula is C14H24N2S. The molecule has 96 valence electrons. The van der Waals surface area contributed by atoms with E-state index in [0.29, 0.717) is 0 Å². The molecule has 0 amide bonds. The largest absolute Gasteiger partial charge is 0.315 e. The van der Waals surface area contributed by atoms with Crippen LogP contribution in [0.1, 0.15) is 18.2 Å². The molecule has 0 spiro atoms. The minimum absolute atomic E-state index is 0.976. The summed E-state index contributed by atoms with van der Waals surface area (Å²) in [6.45, 7) is 7.04. The molecule has 1 aliphatic rings. The van der Waals surface area contributed by atoms with Gasteiger partial charge in [0, 0.05) is 31.1 Å². The highest BCUT2D eigenvalue weighted by atomic mass is 32.1. The van der Waals surface area contributed by atoms with Gasteiger partial charge in [-0.25, -0.2) is 0 Å². The predicted molar refractivity (Wildman–Crippen MR) is 75.7 cm³/mol. The second-order valence-electron chi connectivity index (χ2n) is 5.31. The summed E-state index contributed by atoms with van der Waals surface area (Å²) in [5, 5.41) is 5.68. The summed E-state index contributed by atoms with van der Waals surface area (Å²) in [7, 11) is 2.24. The number of thiophene rings is 1. The highest BCUT2D eigenvalue weighted by Crippen LogP contribution is 2.37. The van der Waals surface area contributed by atoms with Gasteiger partial charge in [-0.05, 0) is 43.2 Å². The summed E-state index contributed by atoms with van der Waals surface area (Å²) in [6.07, 6.45) is 2.61. The Bertz CT molecular complexity index is 310. The lowest BCUT2D eigenvalue weighted by atomic mass is 10.3. The van der Waals surface area contributed by atoms with Crippen LogP contribution in [0.2, 0.25) is 0 Å². The van der Waals surface area contributed by atoms with Crippen molar-refractivity contribution in [2.24, 2.45) is 11.8 Å². The Morgan fingerprint density at radius 3 is 2.94 bits per heavy atom. The smallest absolute Gasteiger partial charge is 0.0104 e. The molecule has 17 heavy (non-hydrogen) atoms. The summed E-state index contributed by atoms with van der Waals surface area (Å²) in [6, 6.07) is 4.34. The molecule has 1 aromatic heterocycles. The number of likely N-dealkylation sites (N-methyl/N-ethyl adjacent to an activating group) is 1. The fourth-order valence-corrected chi connectivity index (χ4v) is 2.92. The first kappa shape index (κ1) is 13.1. The Morgan fingerprint density at radius 2 is 2.29 bits per heavy atom. The zero-order chi connectivity index (χ0) is 12.1. The molecule has 1 heterocycles. The highest BCUT2D eigenvalue weighted by Gasteiger charge is 2.32. The van der Waals surface area contributed by atoms with Crippen LogP contribution in [0.3, 0.4) is 0 Å². The zero-order valence-electron chi connectivity index (χ0n) is 11.0. The molecule has 2 rings (SSSR count). The number of nitrogens with zero attached hydrogens (tertiary/aromatic N) is 1. The Hall–Kier alpha value is -0.380. The van der Waals surface area contributed by atoms with Crippen LogP contribution in [0.5, 0.6) is 0 Å². The maximum atomic E-state index is 3.52. The van der Waals surface area contributed by atoms with Gasteiger partial charge in [0.25, 0.3) is 0 Å². The van der Waals surface area contributed by atoms with Crippen molar-refractivity contribution in [3.8, 4) is 0 Å². The van der Waals surface area contributed by atoms with E-state index in [4.69, 9.17) is 0 Å². The second-order valence-corrected chi connectivity index (χ2v) is 6.35. The van der Waals surface area contributed by atoms with Crippen molar-refractivity contribution in [1.82, 2.24) is 10.2 Å². The molecule has 0 saturated heterocycles. The Morgan fingerprint density at radius 1 is 1.47 bits per heavy atom. The van der Waals surface area contributed by atoms with Gasteiger partial charge in [-0.15, -0.1) is 11.3 Å². The van der Waals surface area contributed by atoms with Crippen molar-refractivity contribution in [2.45, 2.75) is 19.8 Å². The van der Waals surface area contributed by atoms with Crippen LogP contribution in [0.15, 0.2) is 17.5 Å². The van der Waals surface area contributed by atoms with Crippen LogP contribution in [-0.2, 0) is 6.42 Å². The van der Waals surface area contributed by atoms with Gasteiger partial charge >= 0.3 is 0 Å². The van der Waals surface area contributed by atoms with Gasteiger partial charge in [0.1, 0.15) is 0 Å². The molecule has 1 N–H and O–H groups in total. The molecule has 0 radical (unpaired) electrons.